The largest absolute Gasteiger partial charge is 0.350 e. The van der Waals surface area contributed by atoms with Crippen molar-refractivity contribution in [2.45, 2.75) is 45.7 Å². The summed E-state index contributed by atoms with van der Waals surface area (Å²) in [5, 5.41) is 3.07. The van der Waals surface area contributed by atoms with E-state index in [1.54, 1.807) is 4.90 Å². The highest BCUT2D eigenvalue weighted by atomic mass is 19.1. The van der Waals surface area contributed by atoms with Gasteiger partial charge < -0.3 is 10.2 Å². The average Bonchev–Trinajstić information content (AvgIpc) is 2.61. The SMILES string of the molecule is CCC(C)(C)NC(=O)C(C)N1CCN(C(=O)c2ccc(F)cc2)CC1. The topological polar surface area (TPSA) is 52.7 Å². The van der Waals surface area contributed by atoms with Gasteiger partial charge in [-0.05, 0) is 51.5 Å². The minimum Gasteiger partial charge on any atom is -0.350 e. The van der Waals surface area contributed by atoms with Crippen molar-refractivity contribution in [2.24, 2.45) is 0 Å². The van der Waals surface area contributed by atoms with E-state index in [0.717, 1.165) is 6.42 Å². The van der Waals surface area contributed by atoms with E-state index in [2.05, 4.69) is 10.2 Å². The van der Waals surface area contributed by atoms with Gasteiger partial charge in [0, 0.05) is 37.3 Å². The van der Waals surface area contributed by atoms with Gasteiger partial charge in [-0.25, -0.2) is 4.39 Å². The quantitative estimate of drug-likeness (QED) is 0.887. The van der Waals surface area contributed by atoms with Crippen LogP contribution in [-0.4, -0.2) is 59.4 Å². The van der Waals surface area contributed by atoms with Crippen molar-refractivity contribution in [3.8, 4) is 0 Å². The van der Waals surface area contributed by atoms with E-state index in [-0.39, 0.29) is 29.2 Å². The Bertz CT molecular complexity index is 608. The van der Waals surface area contributed by atoms with E-state index >= 15 is 0 Å². The minimum atomic E-state index is -0.351. The smallest absolute Gasteiger partial charge is 0.253 e. The average molecular weight is 349 g/mol. The van der Waals surface area contributed by atoms with Gasteiger partial charge in [-0.15, -0.1) is 0 Å². The molecule has 0 aromatic heterocycles. The Morgan fingerprint density at radius 1 is 1.16 bits per heavy atom. The highest BCUT2D eigenvalue weighted by Crippen LogP contribution is 2.13. The molecular formula is C19H28FN3O2. The molecule has 138 valence electrons. The Morgan fingerprint density at radius 3 is 2.24 bits per heavy atom. The van der Waals surface area contributed by atoms with Crippen LogP contribution in [0.1, 0.15) is 44.5 Å². The first-order valence-corrected chi connectivity index (χ1v) is 8.84. The number of nitrogens with zero attached hydrogens (tertiary/aromatic N) is 2. The summed E-state index contributed by atoms with van der Waals surface area (Å²) in [4.78, 5) is 28.7. The predicted octanol–water partition coefficient (Wildman–Crippen LogP) is 2.28. The summed E-state index contributed by atoms with van der Waals surface area (Å²) in [6.45, 7) is 10.4. The molecule has 1 unspecified atom stereocenters. The molecule has 0 spiro atoms. The Labute approximate surface area is 149 Å². The molecule has 0 aliphatic carbocycles. The molecule has 0 saturated carbocycles. The molecule has 1 aliphatic rings. The van der Waals surface area contributed by atoms with Gasteiger partial charge in [0.15, 0.2) is 0 Å². The number of carbonyl (C=O) groups excluding carboxylic acids is 2. The summed E-state index contributed by atoms with van der Waals surface area (Å²) in [5.41, 5.74) is 0.274. The van der Waals surface area contributed by atoms with E-state index in [4.69, 9.17) is 0 Å². The fraction of sp³-hybridized carbons (Fsp3) is 0.579. The molecular weight excluding hydrogens is 321 g/mol. The van der Waals surface area contributed by atoms with E-state index in [1.165, 1.54) is 24.3 Å². The summed E-state index contributed by atoms with van der Waals surface area (Å²) in [6, 6.07) is 5.38. The maximum absolute atomic E-state index is 13.0. The molecule has 0 radical (unpaired) electrons. The molecule has 1 aliphatic heterocycles. The van der Waals surface area contributed by atoms with Crippen molar-refractivity contribution >= 4 is 11.8 Å². The van der Waals surface area contributed by atoms with Crippen molar-refractivity contribution in [2.75, 3.05) is 26.2 Å². The fourth-order valence-electron chi connectivity index (χ4n) is 2.78. The van der Waals surface area contributed by atoms with Crippen molar-refractivity contribution in [1.29, 1.82) is 0 Å². The fourth-order valence-corrected chi connectivity index (χ4v) is 2.78. The number of piperazine rings is 1. The Hall–Kier alpha value is -1.95. The molecule has 25 heavy (non-hydrogen) atoms. The van der Waals surface area contributed by atoms with Crippen molar-refractivity contribution in [3.63, 3.8) is 0 Å². The lowest BCUT2D eigenvalue weighted by atomic mass is 10.0. The second kappa shape index (κ2) is 7.95. The minimum absolute atomic E-state index is 0.0187. The van der Waals surface area contributed by atoms with Crippen molar-refractivity contribution < 1.29 is 14.0 Å². The lowest BCUT2D eigenvalue weighted by Gasteiger charge is -2.38. The van der Waals surface area contributed by atoms with Crippen LogP contribution in [-0.2, 0) is 4.79 Å². The van der Waals surface area contributed by atoms with Crippen LogP contribution in [0.25, 0.3) is 0 Å². The lowest BCUT2D eigenvalue weighted by molar-refractivity contribution is -0.128. The number of rotatable bonds is 5. The van der Waals surface area contributed by atoms with E-state index in [0.29, 0.717) is 31.7 Å². The number of amides is 2. The molecule has 1 N–H and O–H groups in total. The van der Waals surface area contributed by atoms with Crippen LogP contribution >= 0.6 is 0 Å². The number of hydrogen-bond acceptors (Lipinski definition) is 3. The number of carbonyl (C=O) groups is 2. The molecule has 1 atom stereocenters. The summed E-state index contributed by atoms with van der Waals surface area (Å²) in [6.07, 6.45) is 0.866. The second-order valence-corrected chi connectivity index (χ2v) is 7.24. The van der Waals surface area contributed by atoms with Gasteiger partial charge in [-0.3, -0.25) is 14.5 Å². The van der Waals surface area contributed by atoms with Gasteiger partial charge in [-0.1, -0.05) is 6.92 Å². The molecule has 1 saturated heterocycles. The van der Waals surface area contributed by atoms with Crippen LogP contribution < -0.4 is 5.32 Å². The van der Waals surface area contributed by atoms with Gasteiger partial charge >= 0.3 is 0 Å². The summed E-state index contributed by atoms with van der Waals surface area (Å²) in [7, 11) is 0. The van der Waals surface area contributed by atoms with Crippen molar-refractivity contribution in [3.05, 3.63) is 35.6 Å². The van der Waals surface area contributed by atoms with Crippen LogP contribution in [0.15, 0.2) is 24.3 Å². The summed E-state index contributed by atoms with van der Waals surface area (Å²) >= 11 is 0. The first-order chi connectivity index (χ1) is 11.7. The van der Waals surface area contributed by atoms with Gasteiger partial charge in [-0.2, -0.15) is 0 Å². The van der Waals surface area contributed by atoms with Crippen LogP contribution in [0.5, 0.6) is 0 Å². The molecule has 1 heterocycles. The van der Waals surface area contributed by atoms with E-state index < -0.39 is 0 Å². The molecule has 0 bridgehead atoms. The molecule has 5 nitrogen and oxygen atoms in total. The lowest BCUT2D eigenvalue weighted by Crippen LogP contribution is -2.57. The standard InChI is InChI=1S/C19H28FN3O2/c1-5-19(3,4)21-17(24)14(2)22-10-12-23(13-11-22)18(25)15-6-8-16(20)9-7-15/h6-9,14H,5,10-13H2,1-4H3,(H,21,24). The molecule has 1 fully saturated rings. The number of benzene rings is 1. The summed E-state index contributed by atoms with van der Waals surface area (Å²) < 4.78 is 13.0. The number of hydrogen-bond donors (Lipinski definition) is 1. The zero-order valence-electron chi connectivity index (χ0n) is 15.5. The zero-order chi connectivity index (χ0) is 18.6. The Kier molecular flexibility index (Phi) is 6.16. The van der Waals surface area contributed by atoms with Crippen LogP contribution in [0.2, 0.25) is 0 Å². The third kappa shape index (κ3) is 5.01. The van der Waals surface area contributed by atoms with Gasteiger partial charge in [0.05, 0.1) is 6.04 Å². The Balaban J connectivity index is 1.89. The van der Waals surface area contributed by atoms with Crippen LogP contribution in [0, 0.1) is 5.82 Å². The third-order valence-electron chi connectivity index (χ3n) is 4.97. The number of halogens is 1. The van der Waals surface area contributed by atoms with Gasteiger partial charge in [0.2, 0.25) is 5.91 Å². The van der Waals surface area contributed by atoms with Crippen LogP contribution in [0.3, 0.4) is 0 Å². The van der Waals surface area contributed by atoms with Crippen molar-refractivity contribution in [1.82, 2.24) is 15.1 Å². The van der Waals surface area contributed by atoms with Gasteiger partial charge in [0.25, 0.3) is 5.91 Å². The first-order valence-electron chi connectivity index (χ1n) is 8.84. The molecule has 6 heteroatoms. The predicted molar refractivity (Wildman–Crippen MR) is 95.9 cm³/mol. The highest BCUT2D eigenvalue weighted by molar-refractivity contribution is 5.94. The maximum atomic E-state index is 13.0. The second-order valence-electron chi connectivity index (χ2n) is 7.24. The normalized spacial score (nSPS) is 17.2. The van der Waals surface area contributed by atoms with E-state index in [1.807, 2.05) is 27.7 Å². The van der Waals surface area contributed by atoms with E-state index in [9.17, 15) is 14.0 Å². The monoisotopic (exact) mass is 349 g/mol. The van der Waals surface area contributed by atoms with Gasteiger partial charge in [0.1, 0.15) is 5.82 Å². The zero-order valence-corrected chi connectivity index (χ0v) is 15.5. The first kappa shape index (κ1) is 19.4. The molecule has 2 amide bonds. The molecule has 1 aromatic carbocycles. The summed E-state index contributed by atoms with van der Waals surface area (Å²) in [5.74, 6) is -0.426. The third-order valence-corrected chi connectivity index (χ3v) is 4.97. The molecule has 2 rings (SSSR count). The Morgan fingerprint density at radius 2 is 1.72 bits per heavy atom. The number of nitrogens with one attached hydrogen (secondary N) is 1. The molecule has 1 aromatic rings. The van der Waals surface area contributed by atoms with Crippen LogP contribution in [0.4, 0.5) is 4.39 Å². The maximum Gasteiger partial charge on any atom is 0.253 e. The highest BCUT2D eigenvalue weighted by Gasteiger charge is 2.29.